The van der Waals surface area contributed by atoms with Gasteiger partial charge < -0.3 is 19.7 Å². The number of carbonyl (C=O) groups excluding carboxylic acids is 2. The number of rotatable bonds is 15. The summed E-state index contributed by atoms with van der Waals surface area (Å²) in [5, 5.41) is 14.5. The Morgan fingerprint density at radius 2 is 1.64 bits per heavy atom. The number of sulfonamides is 1. The molecule has 0 unspecified atom stereocenters. The molecule has 0 saturated carbocycles. The molecule has 0 spiro atoms. The second-order valence-corrected chi connectivity index (χ2v) is 12.7. The van der Waals surface area contributed by atoms with Crippen LogP contribution in [0.5, 0.6) is 11.5 Å². The summed E-state index contributed by atoms with van der Waals surface area (Å²) in [6.45, 7) is 6.89. The molecule has 0 aliphatic carbocycles. The fourth-order valence-corrected chi connectivity index (χ4v) is 6.10. The quantitative estimate of drug-likeness (QED) is 0.186. The van der Waals surface area contributed by atoms with E-state index in [-0.39, 0.29) is 46.6 Å². The van der Waals surface area contributed by atoms with E-state index in [0.717, 1.165) is 10.4 Å². The highest BCUT2D eigenvalue weighted by atomic mass is 32.2. The molecular weight excluding hydrogens is 600 g/mol. The van der Waals surface area contributed by atoms with Crippen LogP contribution in [0.3, 0.4) is 0 Å². The normalized spacial score (nSPS) is 11.9. The number of nitro benzene ring substituents is 1. The van der Waals surface area contributed by atoms with Crippen molar-refractivity contribution < 1.29 is 32.4 Å². The highest BCUT2D eigenvalue weighted by molar-refractivity contribution is 7.92. The van der Waals surface area contributed by atoms with Crippen LogP contribution in [0, 0.1) is 23.0 Å². The van der Waals surface area contributed by atoms with Crippen LogP contribution in [0.25, 0.3) is 0 Å². The van der Waals surface area contributed by atoms with Crippen molar-refractivity contribution in [1.82, 2.24) is 10.2 Å². The average Bonchev–Trinajstić information content (AvgIpc) is 3.02. The van der Waals surface area contributed by atoms with Gasteiger partial charge in [-0.2, -0.15) is 0 Å². The van der Waals surface area contributed by atoms with Crippen molar-refractivity contribution in [1.29, 1.82) is 0 Å². The molecule has 3 rings (SSSR count). The van der Waals surface area contributed by atoms with Gasteiger partial charge in [-0.25, -0.2) is 8.42 Å². The first kappa shape index (κ1) is 34.8. The molecule has 1 N–H and O–H groups in total. The van der Waals surface area contributed by atoms with Crippen LogP contribution >= 0.6 is 0 Å². The summed E-state index contributed by atoms with van der Waals surface area (Å²) in [4.78, 5) is 39.6. The molecule has 3 aromatic carbocycles. The number of nitrogens with one attached hydrogen (secondary N) is 1. The van der Waals surface area contributed by atoms with Gasteiger partial charge in [-0.15, -0.1) is 0 Å². The molecule has 45 heavy (non-hydrogen) atoms. The van der Waals surface area contributed by atoms with Crippen molar-refractivity contribution in [3.63, 3.8) is 0 Å². The zero-order valence-electron chi connectivity index (χ0n) is 26.3. The molecule has 12 nitrogen and oxygen atoms in total. The zero-order chi connectivity index (χ0) is 33.3. The Kier molecular flexibility index (Phi) is 11.9. The number of aryl methyl sites for hydroxylation is 1. The van der Waals surface area contributed by atoms with Crippen LogP contribution in [0.15, 0.2) is 71.6 Å². The van der Waals surface area contributed by atoms with E-state index in [1.807, 2.05) is 13.8 Å². The minimum absolute atomic E-state index is 0.00383. The van der Waals surface area contributed by atoms with Gasteiger partial charge in [0.1, 0.15) is 24.1 Å². The summed E-state index contributed by atoms with van der Waals surface area (Å²) in [6, 6.07) is 15.8. The summed E-state index contributed by atoms with van der Waals surface area (Å²) in [7, 11) is -1.53. The molecule has 0 bridgehead atoms. The number of amides is 2. The molecule has 0 heterocycles. The third-order valence-electron chi connectivity index (χ3n) is 7.16. The third-order valence-corrected chi connectivity index (χ3v) is 8.93. The lowest BCUT2D eigenvalue weighted by Gasteiger charge is -2.33. The van der Waals surface area contributed by atoms with E-state index >= 15 is 0 Å². The van der Waals surface area contributed by atoms with E-state index in [4.69, 9.17) is 9.47 Å². The molecule has 0 aliphatic rings. The highest BCUT2D eigenvalue weighted by Gasteiger charge is 2.34. The van der Waals surface area contributed by atoms with Crippen molar-refractivity contribution in [3.8, 4) is 11.5 Å². The number of nitro groups is 1. The summed E-state index contributed by atoms with van der Waals surface area (Å²) in [5.74, 6) is 0.172. The van der Waals surface area contributed by atoms with Gasteiger partial charge in [-0.3, -0.25) is 24.0 Å². The van der Waals surface area contributed by atoms with Gasteiger partial charge in [-0.05, 0) is 67.3 Å². The molecule has 13 heteroatoms. The van der Waals surface area contributed by atoms with Crippen LogP contribution in [-0.2, 0) is 26.2 Å². The Balaban J connectivity index is 2.12. The second-order valence-electron chi connectivity index (χ2n) is 10.9. The number of anilines is 1. The summed E-state index contributed by atoms with van der Waals surface area (Å²) in [5.41, 5.74) is 0.718. The van der Waals surface area contributed by atoms with Gasteiger partial charge in [0.25, 0.3) is 15.7 Å². The SMILES string of the molecule is CC[C@H](C(=O)NCC(C)C)N(Cc1cccc(OC)c1)C(=O)CN(c1ccc(OC)cc1)S(=O)(=O)c1ccc(C)c([N+](=O)[O-])c1. The fraction of sp³-hybridized carbons (Fsp3) is 0.375. The first-order valence-electron chi connectivity index (χ1n) is 14.4. The predicted octanol–water partition coefficient (Wildman–Crippen LogP) is 4.70. The fourth-order valence-electron chi connectivity index (χ4n) is 4.66. The van der Waals surface area contributed by atoms with Gasteiger partial charge >= 0.3 is 0 Å². The van der Waals surface area contributed by atoms with Crippen LogP contribution in [0.4, 0.5) is 11.4 Å². The Bertz CT molecular complexity index is 1610. The lowest BCUT2D eigenvalue weighted by atomic mass is 10.1. The maximum Gasteiger partial charge on any atom is 0.273 e. The Morgan fingerprint density at radius 1 is 0.978 bits per heavy atom. The second kappa shape index (κ2) is 15.4. The molecule has 3 aromatic rings. The van der Waals surface area contributed by atoms with Gasteiger partial charge in [0.2, 0.25) is 11.8 Å². The summed E-state index contributed by atoms with van der Waals surface area (Å²) in [6.07, 6.45) is 0.263. The number of ether oxygens (including phenoxy) is 2. The average molecular weight is 641 g/mol. The molecule has 0 aliphatic heterocycles. The molecule has 242 valence electrons. The van der Waals surface area contributed by atoms with Crippen molar-refractivity contribution in [2.24, 2.45) is 5.92 Å². The standard InChI is InChI=1S/C32H40N4O8S/c1-7-29(32(38)33-19-22(2)3)34(20-24-9-8-10-27(17-24)44-6)31(37)21-35(25-12-14-26(43-5)15-13-25)45(41,42)28-16-11-23(4)30(18-28)36(39)40/h8-18,22,29H,7,19-21H2,1-6H3,(H,33,38)/t29-/m1/s1. The van der Waals surface area contributed by atoms with Crippen molar-refractivity contribution in [3.05, 3.63) is 88.0 Å². The Hall–Kier alpha value is -4.65. The number of benzene rings is 3. The first-order valence-corrected chi connectivity index (χ1v) is 15.9. The van der Waals surface area contributed by atoms with E-state index in [1.165, 1.54) is 50.3 Å². The van der Waals surface area contributed by atoms with E-state index in [9.17, 15) is 28.1 Å². The van der Waals surface area contributed by atoms with Crippen LogP contribution in [0.1, 0.15) is 38.3 Å². The maximum absolute atomic E-state index is 14.2. The van der Waals surface area contributed by atoms with Gasteiger partial charge in [-0.1, -0.05) is 39.0 Å². The van der Waals surface area contributed by atoms with E-state index in [0.29, 0.717) is 23.6 Å². The van der Waals surface area contributed by atoms with Gasteiger partial charge in [0.05, 0.1) is 29.7 Å². The lowest BCUT2D eigenvalue weighted by molar-refractivity contribution is -0.385. The van der Waals surface area contributed by atoms with Crippen LogP contribution in [0.2, 0.25) is 0 Å². The number of hydrogen-bond donors (Lipinski definition) is 1. The van der Waals surface area contributed by atoms with Crippen molar-refractivity contribution in [2.45, 2.75) is 51.6 Å². The van der Waals surface area contributed by atoms with E-state index in [2.05, 4.69) is 5.32 Å². The Morgan fingerprint density at radius 3 is 2.22 bits per heavy atom. The monoisotopic (exact) mass is 640 g/mol. The molecule has 0 aromatic heterocycles. The van der Waals surface area contributed by atoms with E-state index < -0.39 is 33.4 Å². The maximum atomic E-state index is 14.2. The zero-order valence-corrected chi connectivity index (χ0v) is 27.2. The number of hydrogen-bond acceptors (Lipinski definition) is 8. The summed E-state index contributed by atoms with van der Waals surface area (Å²) < 4.78 is 39.7. The van der Waals surface area contributed by atoms with Crippen molar-refractivity contribution in [2.75, 3.05) is 31.6 Å². The van der Waals surface area contributed by atoms with E-state index in [1.54, 1.807) is 43.3 Å². The molecule has 2 amide bonds. The van der Waals surface area contributed by atoms with Gasteiger partial charge in [0.15, 0.2) is 0 Å². The molecule has 0 saturated heterocycles. The molecule has 1 atom stereocenters. The van der Waals surface area contributed by atoms with Crippen molar-refractivity contribution >= 4 is 33.2 Å². The third kappa shape index (κ3) is 8.72. The minimum Gasteiger partial charge on any atom is -0.497 e. The van der Waals surface area contributed by atoms with Crippen LogP contribution in [-0.4, -0.2) is 63.4 Å². The predicted molar refractivity (Wildman–Crippen MR) is 171 cm³/mol. The summed E-state index contributed by atoms with van der Waals surface area (Å²) >= 11 is 0. The molecule has 0 radical (unpaired) electrons. The lowest BCUT2D eigenvalue weighted by Crippen LogP contribution is -2.52. The number of nitrogens with zero attached hydrogens (tertiary/aromatic N) is 3. The number of methoxy groups -OCH3 is 2. The Labute approximate surface area is 264 Å². The minimum atomic E-state index is -4.51. The van der Waals surface area contributed by atoms with Gasteiger partial charge in [0, 0.05) is 24.7 Å². The molecule has 0 fully saturated rings. The largest absolute Gasteiger partial charge is 0.497 e. The topological polar surface area (TPSA) is 148 Å². The smallest absolute Gasteiger partial charge is 0.273 e. The van der Waals surface area contributed by atoms with Crippen LogP contribution < -0.4 is 19.1 Å². The highest BCUT2D eigenvalue weighted by Crippen LogP contribution is 2.30. The first-order chi connectivity index (χ1) is 21.3. The number of carbonyl (C=O) groups is 2. The molecular formula is C32H40N4O8S.